The van der Waals surface area contributed by atoms with Gasteiger partial charge in [-0.1, -0.05) is 12.1 Å². The molecule has 0 aliphatic rings. The molecule has 0 aliphatic carbocycles. The van der Waals surface area contributed by atoms with Crippen LogP contribution in [0.15, 0.2) is 42.5 Å². The van der Waals surface area contributed by atoms with Gasteiger partial charge in [-0.3, -0.25) is 0 Å². The van der Waals surface area contributed by atoms with Crippen LogP contribution in [0.1, 0.15) is 5.56 Å². The first-order valence-corrected chi connectivity index (χ1v) is 5.83. The maximum atomic E-state index is 12.8. The molecule has 0 saturated heterocycles. The second kappa shape index (κ2) is 4.61. The highest BCUT2D eigenvalue weighted by atomic mass is 19.1. The SMILES string of the molecule is Nc1nc2ccc(OCc3ccc(F)cc3)cc2[nH]1. The predicted molar refractivity (Wildman–Crippen MR) is 71.2 cm³/mol. The highest BCUT2D eigenvalue weighted by molar-refractivity contribution is 5.78. The van der Waals surface area contributed by atoms with Gasteiger partial charge in [0.15, 0.2) is 5.95 Å². The Balaban J connectivity index is 1.75. The van der Waals surface area contributed by atoms with Crippen molar-refractivity contribution in [1.82, 2.24) is 9.97 Å². The molecule has 1 heterocycles. The molecule has 0 bridgehead atoms. The van der Waals surface area contributed by atoms with E-state index >= 15 is 0 Å². The largest absolute Gasteiger partial charge is 0.489 e. The summed E-state index contributed by atoms with van der Waals surface area (Å²) in [4.78, 5) is 7.05. The number of H-pyrrole nitrogens is 1. The number of nitrogens with one attached hydrogen (secondary N) is 1. The van der Waals surface area contributed by atoms with Crippen LogP contribution < -0.4 is 10.5 Å². The lowest BCUT2D eigenvalue weighted by atomic mass is 10.2. The van der Waals surface area contributed by atoms with Gasteiger partial charge >= 0.3 is 0 Å². The number of halogens is 1. The fourth-order valence-corrected chi connectivity index (χ4v) is 1.85. The molecule has 0 spiro atoms. The Labute approximate surface area is 109 Å². The molecule has 0 unspecified atom stereocenters. The van der Waals surface area contributed by atoms with Crippen LogP contribution in [0.3, 0.4) is 0 Å². The van der Waals surface area contributed by atoms with E-state index in [1.165, 1.54) is 12.1 Å². The molecular formula is C14H12FN3O. The summed E-state index contributed by atoms with van der Waals surface area (Å²) in [6.07, 6.45) is 0. The molecule has 0 saturated carbocycles. The quantitative estimate of drug-likeness (QED) is 0.758. The maximum Gasteiger partial charge on any atom is 0.198 e. The van der Waals surface area contributed by atoms with Crippen LogP contribution in [0.5, 0.6) is 5.75 Å². The third-order valence-electron chi connectivity index (χ3n) is 2.79. The lowest BCUT2D eigenvalue weighted by Gasteiger charge is -2.06. The summed E-state index contributed by atoms with van der Waals surface area (Å²) in [5.74, 6) is 0.837. The minimum atomic E-state index is -0.252. The lowest BCUT2D eigenvalue weighted by molar-refractivity contribution is 0.306. The number of nitrogen functional groups attached to an aromatic ring is 1. The second-order valence-corrected chi connectivity index (χ2v) is 4.22. The first-order chi connectivity index (χ1) is 9.20. The summed E-state index contributed by atoms with van der Waals surface area (Å²) >= 11 is 0. The van der Waals surface area contributed by atoms with Crippen molar-refractivity contribution >= 4 is 17.0 Å². The number of rotatable bonds is 3. The summed E-state index contributed by atoms with van der Waals surface area (Å²) in [6.45, 7) is 0.384. The zero-order chi connectivity index (χ0) is 13.2. The van der Waals surface area contributed by atoms with Crippen LogP contribution >= 0.6 is 0 Å². The van der Waals surface area contributed by atoms with Crippen molar-refractivity contribution in [2.45, 2.75) is 6.61 Å². The topological polar surface area (TPSA) is 63.9 Å². The van der Waals surface area contributed by atoms with Gasteiger partial charge < -0.3 is 15.5 Å². The summed E-state index contributed by atoms with van der Waals surface area (Å²) in [5.41, 5.74) is 8.11. The average Bonchev–Trinajstić information content (AvgIpc) is 2.77. The fourth-order valence-electron chi connectivity index (χ4n) is 1.85. The number of nitrogens with zero attached hydrogens (tertiary/aromatic N) is 1. The number of hydrogen-bond donors (Lipinski definition) is 2. The van der Waals surface area contributed by atoms with Gasteiger partial charge in [-0.25, -0.2) is 9.37 Å². The van der Waals surface area contributed by atoms with E-state index in [1.807, 2.05) is 18.2 Å². The van der Waals surface area contributed by atoms with Gasteiger partial charge in [0.2, 0.25) is 0 Å². The van der Waals surface area contributed by atoms with E-state index in [0.29, 0.717) is 18.3 Å². The van der Waals surface area contributed by atoms with Gasteiger partial charge in [0.1, 0.15) is 18.2 Å². The summed E-state index contributed by atoms with van der Waals surface area (Å²) < 4.78 is 18.4. The van der Waals surface area contributed by atoms with Crippen LogP contribution in [0.25, 0.3) is 11.0 Å². The predicted octanol–water partition coefficient (Wildman–Crippen LogP) is 2.86. The summed E-state index contributed by atoms with van der Waals surface area (Å²) in [5, 5.41) is 0. The van der Waals surface area contributed by atoms with Crippen LogP contribution in [-0.2, 0) is 6.61 Å². The van der Waals surface area contributed by atoms with E-state index in [1.54, 1.807) is 12.1 Å². The third-order valence-corrected chi connectivity index (χ3v) is 2.79. The van der Waals surface area contributed by atoms with Gasteiger partial charge in [0, 0.05) is 6.07 Å². The van der Waals surface area contributed by atoms with Gasteiger partial charge in [0.25, 0.3) is 0 Å². The summed E-state index contributed by atoms with van der Waals surface area (Å²) in [7, 11) is 0. The molecule has 0 atom stereocenters. The number of nitrogens with two attached hydrogens (primary N) is 1. The number of aromatic nitrogens is 2. The Bertz CT molecular complexity index is 706. The number of fused-ring (bicyclic) bond motifs is 1. The molecule has 3 N–H and O–H groups in total. The van der Waals surface area contributed by atoms with Crippen molar-refractivity contribution in [2.24, 2.45) is 0 Å². The zero-order valence-electron chi connectivity index (χ0n) is 10.1. The number of imidazole rings is 1. The molecule has 0 aliphatic heterocycles. The van der Waals surface area contributed by atoms with Crippen LogP contribution in [-0.4, -0.2) is 9.97 Å². The number of aromatic amines is 1. The Kier molecular flexibility index (Phi) is 2.79. The standard InChI is InChI=1S/C14H12FN3O/c15-10-3-1-9(2-4-10)8-19-11-5-6-12-13(7-11)18-14(16)17-12/h1-7H,8H2,(H3,16,17,18). The maximum absolute atomic E-state index is 12.8. The molecule has 4 nitrogen and oxygen atoms in total. The van der Waals surface area contributed by atoms with Crippen molar-refractivity contribution in [3.05, 3.63) is 53.8 Å². The van der Waals surface area contributed by atoms with Crippen molar-refractivity contribution in [3.63, 3.8) is 0 Å². The monoisotopic (exact) mass is 257 g/mol. The van der Waals surface area contributed by atoms with Gasteiger partial charge in [-0.2, -0.15) is 0 Å². The Morgan fingerprint density at radius 1 is 1.16 bits per heavy atom. The number of hydrogen-bond acceptors (Lipinski definition) is 3. The fraction of sp³-hybridized carbons (Fsp3) is 0.0714. The highest BCUT2D eigenvalue weighted by Crippen LogP contribution is 2.20. The average molecular weight is 257 g/mol. The van der Waals surface area contributed by atoms with E-state index in [-0.39, 0.29) is 5.82 Å². The minimum Gasteiger partial charge on any atom is -0.489 e. The molecule has 96 valence electrons. The Hall–Kier alpha value is -2.56. The highest BCUT2D eigenvalue weighted by Gasteiger charge is 2.02. The van der Waals surface area contributed by atoms with Crippen LogP contribution in [0.2, 0.25) is 0 Å². The molecule has 5 heteroatoms. The molecule has 2 aromatic carbocycles. The smallest absolute Gasteiger partial charge is 0.198 e. The van der Waals surface area contributed by atoms with Crippen molar-refractivity contribution in [3.8, 4) is 5.75 Å². The molecule has 3 rings (SSSR count). The Morgan fingerprint density at radius 3 is 2.74 bits per heavy atom. The van der Waals surface area contributed by atoms with Crippen molar-refractivity contribution in [1.29, 1.82) is 0 Å². The molecular weight excluding hydrogens is 245 g/mol. The van der Waals surface area contributed by atoms with E-state index in [2.05, 4.69) is 9.97 Å². The normalized spacial score (nSPS) is 10.8. The molecule has 0 amide bonds. The van der Waals surface area contributed by atoms with Gasteiger partial charge in [0.05, 0.1) is 11.0 Å². The molecule has 3 aromatic rings. The molecule has 0 fully saturated rings. The summed E-state index contributed by atoms with van der Waals surface area (Å²) in [6, 6.07) is 11.7. The van der Waals surface area contributed by atoms with Gasteiger partial charge in [-0.05, 0) is 29.8 Å². The molecule has 1 aromatic heterocycles. The lowest BCUT2D eigenvalue weighted by Crippen LogP contribution is -1.95. The minimum absolute atomic E-state index is 0.252. The zero-order valence-corrected chi connectivity index (χ0v) is 10.1. The van der Waals surface area contributed by atoms with E-state index < -0.39 is 0 Å². The van der Waals surface area contributed by atoms with Crippen LogP contribution in [0.4, 0.5) is 10.3 Å². The first kappa shape index (κ1) is 11.5. The van der Waals surface area contributed by atoms with E-state index in [4.69, 9.17) is 10.5 Å². The van der Waals surface area contributed by atoms with E-state index in [0.717, 1.165) is 16.6 Å². The first-order valence-electron chi connectivity index (χ1n) is 5.83. The number of ether oxygens (including phenoxy) is 1. The number of anilines is 1. The second-order valence-electron chi connectivity index (χ2n) is 4.22. The Morgan fingerprint density at radius 2 is 1.95 bits per heavy atom. The van der Waals surface area contributed by atoms with Gasteiger partial charge in [-0.15, -0.1) is 0 Å². The van der Waals surface area contributed by atoms with E-state index in [9.17, 15) is 4.39 Å². The van der Waals surface area contributed by atoms with Crippen LogP contribution in [0, 0.1) is 5.82 Å². The van der Waals surface area contributed by atoms with Crippen molar-refractivity contribution in [2.75, 3.05) is 5.73 Å². The molecule has 0 radical (unpaired) electrons. The molecule has 19 heavy (non-hydrogen) atoms. The van der Waals surface area contributed by atoms with Crippen molar-refractivity contribution < 1.29 is 9.13 Å². The third kappa shape index (κ3) is 2.49. The number of benzene rings is 2.